The van der Waals surface area contributed by atoms with E-state index in [9.17, 15) is 9.18 Å². The standard InChI is InChI=1S/C17H23FN4OS2/c1-10(2)9-19-16-21-22-17(25-16)24-12(4)15(23)20-11(3)13-5-7-14(18)8-6-13/h5-8,10-12H,9H2,1-4H3,(H,19,21)(H,20,23)/t11-,12+/m1/s1. The van der Waals surface area contributed by atoms with E-state index in [1.165, 1.54) is 35.2 Å². The van der Waals surface area contributed by atoms with Crippen molar-refractivity contribution in [3.63, 3.8) is 0 Å². The molecule has 2 rings (SSSR count). The summed E-state index contributed by atoms with van der Waals surface area (Å²) in [5.41, 5.74) is 0.864. The van der Waals surface area contributed by atoms with Gasteiger partial charge in [-0.1, -0.05) is 49.1 Å². The molecule has 2 aromatic rings. The number of hydrogen-bond acceptors (Lipinski definition) is 6. The van der Waals surface area contributed by atoms with Crippen molar-refractivity contribution in [3.05, 3.63) is 35.6 Å². The maximum absolute atomic E-state index is 13.0. The summed E-state index contributed by atoms with van der Waals surface area (Å²) in [5, 5.41) is 14.8. The van der Waals surface area contributed by atoms with Gasteiger partial charge in [0, 0.05) is 6.54 Å². The van der Waals surface area contributed by atoms with Gasteiger partial charge in [-0.25, -0.2) is 4.39 Å². The van der Waals surface area contributed by atoms with Crippen LogP contribution in [0.15, 0.2) is 28.6 Å². The van der Waals surface area contributed by atoms with Crippen molar-refractivity contribution in [2.75, 3.05) is 11.9 Å². The highest BCUT2D eigenvalue weighted by molar-refractivity contribution is 8.02. The van der Waals surface area contributed by atoms with Crippen LogP contribution in [-0.2, 0) is 4.79 Å². The SMILES string of the molecule is CC(C)CNc1nnc(S[C@@H](C)C(=O)N[C@H](C)c2ccc(F)cc2)s1. The Labute approximate surface area is 155 Å². The van der Waals surface area contributed by atoms with E-state index in [1.54, 1.807) is 12.1 Å². The minimum atomic E-state index is -0.297. The molecule has 0 unspecified atom stereocenters. The zero-order valence-electron chi connectivity index (χ0n) is 14.7. The van der Waals surface area contributed by atoms with Gasteiger partial charge in [0.15, 0.2) is 4.34 Å². The third-order valence-electron chi connectivity index (χ3n) is 3.44. The quantitative estimate of drug-likeness (QED) is 0.673. The minimum Gasteiger partial charge on any atom is -0.360 e. The number of nitrogens with zero attached hydrogens (tertiary/aromatic N) is 2. The Morgan fingerprint density at radius 1 is 1.20 bits per heavy atom. The van der Waals surface area contributed by atoms with Crippen molar-refractivity contribution < 1.29 is 9.18 Å². The van der Waals surface area contributed by atoms with Gasteiger partial charge in [-0.05, 0) is 37.5 Å². The molecule has 1 aromatic carbocycles. The number of rotatable bonds is 8. The van der Waals surface area contributed by atoms with Crippen LogP contribution in [0.3, 0.4) is 0 Å². The third kappa shape index (κ3) is 6.28. The number of hydrogen-bond donors (Lipinski definition) is 2. The van der Waals surface area contributed by atoms with Crippen LogP contribution in [0.2, 0.25) is 0 Å². The molecular formula is C17H23FN4OS2. The Hall–Kier alpha value is -1.67. The van der Waals surface area contributed by atoms with Crippen LogP contribution in [0.4, 0.5) is 9.52 Å². The second kappa shape index (κ2) is 9.15. The van der Waals surface area contributed by atoms with E-state index < -0.39 is 0 Å². The lowest BCUT2D eigenvalue weighted by Gasteiger charge is -2.17. The topological polar surface area (TPSA) is 66.9 Å². The second-order valence-electron chi connectivity index (χ2n) is 6.19. The van der Waals surface area contributed by atoms with Gasteiger partial charge in [-0.3, -0.25) is 4.79 Å². The molecule has 0 saturated heterocycles. The molecule has 0 radical (unpaired) electrons. The Kier molecular flexibility index (Phi) is 7.19. The first-order valence-corrected chi connectivity index (χ1v) is 9.84. The number of amides is 1. The van der Waals surface area contributed by atoms with Crippen molar-refractivity contribution in [2.45, 2.75) is 43.3 Å². The lowest BCUT2D eigenvalue weighted by atomic mass is 10.1. The number of carbonyl (C=O) groups excluding carboxylic acids is 1. The van der Waals surface area contributed by atoms with Crippen LogP contribution >= 0.6 is 23.1 Å². The number of anilines is 1. The fraction of sp³-hybridized carbons (Fsp3) is 0.471. The summed E-state index contributed by atoms with van der Waals surface area (Å²) in [6.07, 6.45) is 0. The van der Waals surface area contributed by atoms with Crippen LogP contribution in [0.5, 0.6) is 0 Å². The van der Waals surface area contributed by atoms with Gasteiger partial charge < -0.3 is 10.6 Å². The summed E-state index contributed by atoms with van der Waals surface area (Å²) in [7, 11) is 0. The molecule has 0 fully saturated rings. The fourth-order valence-corrected chi connectivity index (χ4v) is 3.90. The van der Waals surface area contributed by atoms with E-state index in [0.717, 1.165) is 21.6 Å². The van der Waals surface area contributed by atoms with Crippen molar-refractivity contribution in [2.24, 2.45) is 5.92 Å². The van der Waals surface area contributed by atoms with Crippen molar-refractivity contribution in [1.29, 1.82) is 0 Å². The number of thioether (sulfide) groups is 1. The van der Waals surface area contributed by atoms with Gasteiger partial charge in [-0.15, -0.1) is 10.2 Å². The van der Waals surface area contributed by atoms with Crippen LogP contribution < -0.4 is 10.6 Å². The number of nitrogens with one attached hydrogen (secondary N) is 2. The van der Waals surface area contributed by atoms with Gasteiger partial charge in [0.1, 0.15) is 5.82 Å². The van der Waals surface area contributed by atoms with Gasteiger partial charge in [0.2, 0.25) is 11.0 Å². The average molecular weight is 383 g/mol. The third-order valence-corrected chi connectivity index (χ3v) is 5.51. The van der Waals surface area contributed by atoms with Crippen molar-refractivity contribution in [1.82, 2.24) is 15.5 Å². The molecule has 0 aliphatic carbocycles. The van der Waals surface area contributed by atoms with E-state index in [4.69, 9.17) is 0 Å². The zero-order valence-corrected chi connectivity index (χ0v) is 16.4. The maximum atomic E-state index is 13.0. The molecule has 5 nitrogen and oxygen atoms in total. The summed E-state index contributed by atoms with van der Waals surface area (Å²) < 4.78 is 13.7. The van der Waals surface area contributed by atoms with Crippen LogP contribution in [0, 0.1) is 11.7 Å². The Bertz CT molecular complexity index is 690. The van der Waals surface area contributed by atoms with Gasteiger partial charge in [0.25, 0.3) is 0 Å². The Morgan fingerprint density at radius 3 is 2.52 bits per heavy atom. The predicted octanol–water partition coefficient (Wildman–Crippen LogP) is 4.10. The summed E-state index contributed by atoms with van der Waals surface area (Å²) in [6.45, 7) is 8.79. The molecule has 0 saturated carbocycles. The number of carbonyl (C=O) groups is 1. The fourth-order valence-electron chi connectivity index (χ4n) is 1.99. The predicted molar refractivity (Wildman–Crippen MR) is 102 cm³/mol. The van der Waals surface area contributed by atoms with Gasteiger partial charge >= 0.3 is 0 Å². The molecule has 1 aromatic heterocycles. The maximum Gasteiger partial charge on any atom is 0.233 e. The largest absolute Gasteiger partial charge is 0.360 e. The first-order chi connectivity index (χ1) is 11.8. The lowest BCUT2D eigenvalue weighted by molar-refractivity contribution is -0.120. The van der Waals surface area contributed by atoms with E-state index >= 15 is 0 Å². The highest BCUT2D eigenvalue weighted by atomic mass is 32.2. The van der Waals surface area contributed by atoms with E-state index in [1.807, 2.05) is 13.8 Å². The molecule has 8 heteroatoms. The van der Waals surface area contributed by atoms with Crippen LogP contribution in [0.1, 0.15) is 39.3 Å². The second-order valence-corrected chi connectivity index (χ2v) is 8.76. The number of aromatic nitrogens is 2. The van der Waals surface area contributed by atoms with Crippen LogP contribution in [0.25, 0.3) is 0 Å². The molecule has 1 heterocycles. The van der Waals surface area contributed by atoms with Gasteiger partial charge in [-0.2, -0.15) is 0 Å². The van der Waals surface area contributed by atoms with Crippen molar-refractivity contribution >= 4 is 34.1 Å². The molecule has 0 aliphatic heterocycles. The summed E-state index contributed by atoms with van der Waals surface area (Å²) in [5.74, 6) is 0.149. The molecule has 2 N–H and O–H groups in total. The van der Waals surface area contributed by atoms with Gasteiger partial charge in [0.05, 0.1) is 11.3 Å². The molecular weight excluding hydrogens is 359 g/mol. The molecule has 0 aliphatic rings. The zero-order chi connectivity index (χ0) is 18.4. The first kappa shape index (κ1) is 19.7. The van der Waals surface area contributed by atoms with Crippen LogP contribution in [-0.4, -0.2) is 27.9 Å². The summed E-state index contributed by atoms with van der Waals surface area (Å²) in [6, 6.07) is 5.95. The van der Waals surface area contributed by atoms with E-state index in [0.29, 0.717) is 5.92 Å². The molecule has 136 valence electrons. The summed E-state index contributed by atoms with van der Waals surface area (Å²) in [4.78, 5) is 12.4. The molecule has 0 spiro atoms. The van der Waals surface area contributed by atoms with E-state index in [-0.39, 0.29) is 23.0 Å². The lowest BCUT2D eigenvalue weighted by Crippen LogP contribution is -2.33. The number of halogens is 1. The smallest absolute Gasteiger partial charge is 0.233 e. The Balaban J connectivity index is 1.86. The monoisotopic (exact) mass is 382 g/mol. The Morgan fingerprint density at radius 2 is 1.88 bits per heavy atom. The average Bonchev–Trinajstić information content (AvgIpc) is 3.00. The minimum absolute atomic E-state index is 0.0892. The first-order valence-electron chi connectivity index (χ1n) is 8.15. The van der Waals surface area contributed by atoms with E-state index in [2.05, 4.69) is 34.7 Å². The summed E-state index contributed by atoms with van der Waals surface area (Å²) >= 11 is 2.82. The number of benzene rings is 1. The molecule has 0 bridgehead atoms. The molecule has 1 amide bonds. The molecule has 2 atom stereocenters. The molecule has 25 heavy (non-hydrogen) atoms. The highest BCUT2D eigenvalue weighted by Gasteiger charge is 2.19. The van der Waals surface area contributed by atoms with Crippen molar-refractivity contribution in [3.8, 4) is 0 Å². The highest BCUT2D eigenvalue weighted by Crippen LogP contribution is 2.29. The normalized spacial score (nSPS) is 13.5.